The van der Waals surface area contributed by atoms with Gasteiger partial charge in [-0.2, -0.15) is 0 Å². The summed E-state index contributed by atoms with van der Waals surface area (Å²) in [5.74, 6) is 0. The highest BCUT2D eigenvalue weighted by Gasteiger charge is 2.10. The van der Waals surface area contributed by atoms with Gasteiger partial charge in [-0.3, -0.25) is 10.1 Å². The second-order valence-electron chi connectivity index (χ2n) is 4.76. The third-order valence-corrected chi connectivity index (χ3v) is 3.13. The lowest BCUT2D eigenvalue weighted by molar-refractivity contribution is -0.384. The average Bonchev–Trinajstić information content (AvgIpc) is 2.45. The fraction of sp³-hybridized carbons (Fsp3) is 0.600. The van der Waals surface area contributed by atoms with E-state index in [4.69, 9.17) is 4.74 Å². The normalized spacial score (nSPS) is 12.3. The van der Waals surface area contributed by atoms with Gasteiger partial charge in [0.05, 0.1) is 4.92 Å². The number of rotatable bonds is 10. The van der Waals surface area contributed by atoms with Crippen molar-refractivity contribution in [3.05, 3.63) is 39.9 Å². The molecular formula is C15H24N2O3. The number of nitrogens with zero attached hydrogens (tertiary/aromatic N) is 1. The van der Waals surface area contributed by atoms with Gasteiger partial charge in [0, 0.05) is 31.4 Å². The van der Waals surface area contributed by atoms with Crippen LogP contribution in [0.1, 0.15) is 32.3 Å². The Kier molecular flexibility index (Phi) is 7.84. The SMILES string of the molecule is CCCNC(CCOCC)Cc1ccc([N+](=O)[O-])cc1. The molecule has 0 saturated carbocycles. The van der Waals surface area contributed by atoms with Gasteiger partial charge in [0.25, 0.3) is 5.69 Å². The van der Waals surface area contributed by atoms with Crippen molar-refractivity contribution >= 4 is 5.69 Å². The summed E-state index contributed by atoms with van der Waals surface area (Å²) in [6, 6.07) is 7.14. The zero-order chi connectivity index (χ0) is 14.8. The number of non-ortho nitro benzene ring substituents is 1. The van der Waals surface area contributed by atoms with Crippen molar-refractivity contribution in [1.29, 1.82) is 0 Å². The van der Waals surface area contributed by atoms with Crippen LogP contribution in [0.15, 0.2) is 24.3 Å². The molecule has 0 aliphatic heterocycles. The van der Waals surface area contributed by atoms with Gasteiger partial charge in [-0.25, -0.2) is 0 Å². The van der Waals surface area contributed by atoms with E-state index in [1.54, 1.807) is 12.1 Å². The van der Waals surface area contributed by atoms with E-state index >= 15 is 0 Å². The van der Waals surface area contributed by atoms with Gasteiger partial charge in [-0.1, -0.05) is 19.1 Å². The molecule has 1 aromatic rings. The Balaban J connectivity index is 2.55. The Hall–Kier alpha value is -1.46. The van der Waals surface area contributed by atoms with Gasteiger partial charge in [0.2, 0.25) is 0 Å². The summed E-state index contributed by atoms with van der Waals surface area (Å²) in [6.45, 7) is 6.58. The molecule has 1 rings (SSSR count). The molecule has 0 bridgehead atoms. The molecule has 20 heavy (non-hydrogen) atoms. The van der Waals surface area contributed by atoms with Gasteiger partial charge < -0.3 is 10.1 Å². The molecule has 0 radical (unpaired) electrons. The second-order valence-corrected chi connectivity index (χ2v) is 4.76. The van der Waals surface area contributed by atoms with E-state index < -0.39 is 0 Å². The number of ether oxygens (including phenoxy) is 1. The van der Waals surface area contributed by atoms with Crippen LogP contribution < -0.4 is 5.32 Å². The van der Waals surface area contributed by atoms with Gasteiger partial charge in [0.15, 0.2) is 0 Å². The first-order valence-corrected chi connectivity index (χ1v) is 7.21. The van der Waals surface area contributed by atoms with Crippen molar-refractivity contribution in [3.63, 3.8) is 0 Å². The van der Waals surface area contributed by atoms with Crippen LogP contribution in [0.5, 0.6) is 0 Å². The Morgan fingerprint density at radius 3 is 2.55 bits per heavy atom. The zero-order valence-electron chi connectivity index (χ0n) is 12.3. The standard InChI is InChI=1S/C15H24N2O3/c1-3-10-16-14(9-11-20-4-2)12-13-5-7-15(8-6-13)17(18)19/h5-8,14,16H,3-4,9-12H2,1-2H3. The topological polar surface area (TPSA) is 64.4 Å². The Bertz CT molecular complexity index is 393. The number of hydrogen-bond acceptors (Lipinski definition) is 4. The minimum absolute atomic E-state index is 0.140. The minimum atomic E-state index is -0.369. The monoisotopic (exact) mass is 280 g/mol. The van der Waals surface area contributed by atoms with E-state index in [0.717, 1.165) is 44.6 Å². The molecule has 5 nitrogen and oxygen atoms in total. The van der Waals surface area contributed by atoms with Gasteiger partial charge >= 0.3 is 0 Å². The lowest BCUT2D eigenvalue weighted by atomic mass is 10.0. The molecule has 0 heterocycles. The molecule has 1 aromatic carbocycles. The number of nitro benzene ring substituents is 1. The molecule has 0 aliphatic rings. The largest absolute Gasteiger partial charge is 0.382 e. The predicted molar refractivity (Wildman–Crippen MR) is 80.0 cm³/mol. The summed E-state index contributed by atoms with van der Waals surface area (Å²) in [4.78, 5) is 10.3. The van der Waals surface area contributed by atoms with Crippen LogP contribution in [0.2, 0.25) is 0 Å². The molecular weight excluding hydrogens is 256 g/mol. The van der Waals surface area contributed by atoms with E-state index in [1.807, 2.05) is 19.1 Å². The van der Waals surface area contributed by atoms with Crippen molar-refractivity contribution in [2.24, 2.45) is 0 Å². The van der Waals surface area contributed by atoms with Crippen molar-refractivity contribution in [1.82, 2.24) is 5.32 Å². The molecule has 5 heteroatoms. The van der Waals surface area contributed by atoms with Gasteiger partial charge in [-0.05, 0) is 38.3 Å². The number of nitro groups is 1. The van der Waals surface area contributed by atoms with E-state index in [0.29, 0.717) is 6.04 Å². The third kappa shape index (κ3) is 6.12. The highest BCUT2D eigenvalue weighted by molar-refractivity contribution is 5.33. The van der Waals surface area contributed by atoms with Crippen molar-refractivity contribution < 1.29 is 9.66 Å². The fourth-order valence-corrected chi connectivity index (χ4v) is 2.03. The van der Waals surface area contributed by atoms with Crippen LogP contribution in [-0.4, -0.2) is 30.7 Å². The van der Waals surface area contributed by atoms with Crippen molar-refractivity contribution in [2.45, 2.75) is 39.2 Å². The number of nitrogens with one attached hydrogen (secondary N) is 1. The third-order valence-electron chi connectivity index (χ3n) is 3.13. The molecule has 1 unspecified atom stereocenters. The maximum Gasteiger partial charge on any atom is 0.269 e. The molecule has 0 fully saturated rings. The van der Waals surface area contributed by atoms with E-state index in [2.05, 4.69) is 12.2 Å². The lowest BCUT2D eigenvalue weighted by Crippen LogP contribution is -2.33. The first-order valence-electron chi connectivity index (χ1n) is 7.21. The molecule has 1 atom stereocenters. The number of hydrogen-bond donors (Lipinski definition) is 1. The molecule has 0 saturated heterocycles. The quantitative estimate of drug-likeness (QED) is 0.406. The van der Waals surface area contributed by atoms with Crippen LogP contribution in [0.25, 0.3) is 0 Å². The van der Waals surface area contributed by atoms with E-state index in [-0.39, 0.29) is 10.6 Å². The van der Waals surface area contributed by atoms with Crippen LogP contribution in [-0.2, 0) is 11.2 Å². The molecule has 0 amide bonds. The minimum Gasteiger partial charge on any atom is -0.382 e. The van der Waals surface area contributed by atoms with E-state index in [9.17, 15) is 10.1 Å². The highest BCUT2D eigenvalue weighted by atomic mass is 16.6. The fourth-order valence-electron chi connectivity index (χ4n) is 2.03. The summed E-state index contributed by atoms with van der Waals surface area (Å²) in [5, 5.41) is 14.1. The summed E-state index contributed by atoms with van der Waals surface area (Å²) in [5.41, 5.74) is 1.25. The van der Waals surface area contributed by atoms with Crippen LogP contribution >= 0.6 is 0 Å². The second kappa shape index (κ2) is 9.44. The van der Waals surface area contributed by atoms with Crippen LogP contribution in [0, 0.1) is 10.1 Å². The van der Waals surface area contributed by atoms with Gasteiger partial charge in [-0.15, -0.1) is 0 Å². The van der Waals surface area contributed by atoms with E-state index in [1.165, 1.54) is 0 Å². The summed E-state index contributed by atoms with van der Waals surface area (Å²) < 4.78 is 5.40. The summed E-state index contributed by atoms with van der Waals surface area (Å²) >= 11 is 0. The first-order chi connectivity index (χ1) is 9.67. The Morgan fingerprint density at radius 1 is 1.30 bits per heavy atom. The first kappa shape index (κ1) is 16.6. The van der Waals surface area contributed by atoms with Gasteiger partial charge in [0.1, 0.15) is 0 Å². The van der Waals surface area contributed by atoms with Crippen molar-refractivity contribution in [3.8, 4) is 0 Å². The van der Waals surface area contributed by atoms with Crippen LogP contribution in [0.4, 0.5) is 5.69 Å². The Morgan fingerprint density at radius 2 is 2.00 bits per heavy atom. The maximum absolute atomic E-state index is 10.6. The molecule has 0 aromatic heterocycles. The van der Waals surface area contributed by atoms with Crippen LogP contribution in [0.3, 0.4) is 0 Å². The average molecular weight is 280 g/mol. The number of benzene rings is 1. The predicted octanol–water partition coefficient (Wildman–Crippen LogP) is 2.93. The summed E-state index contributed by atoms with van der Waals surface area (Å²) in [7, 11) is 0. The molecule has 0 aliphatic carbocycles. The summed E-state index contributed by atoms with van der Waals surface area (Å²) in [6.07, 6.45) is 2.90. The molecule has 1 N–H and O–H groups in total. The molecule has 0 spiro atoms. The smallest absolute Gasteiger partial charge is 0.269 e. The molecule has 112 valence electrons. The maximum atomic E-state index is 10.6. The lowest BCUT2D eigenvalue weighted by Gasteiger charge is -2.18. The Labute approximate surface area is 120 Å². The zero-order valence-corrected chi connectivity index (χ0v) is 12.3. The highest BCUT2D eigenvalue weighted by Crippen LogP contribution is 2.14. The van der Waals surface area contributed by atoms with Crippen molar-refractivity contribution in [2.75, 3.05) is 19.8 Å².